The van der Waals surface area contributed by atoms with Gasteiger partial charge in [-0.05, 0) is 30.7 Å². The Hall–Kier alpha value is -1.20. The van der Waals surface area contributed by atoms with Crippen molar-refractivity contribution in [1.29, 1.82) is 0 Å². The molecule has 0 saturated heterocycles. The largest absolute Gasteiger partial charge is 0.339 e. The molecule has 0 unspecified atom stereocenters. The lowest BCUT2D eigenvalue weighted by Crippen LogP contribution is -2.38. The maximum absolute atomic E-state index is 6.32. The Balaban J connectivity index is 1.80. The van der Waals surface area contributed by atoms with Crippen molar-refractivity contribution < 1.29 is 4.52 Å². The smallest absolute Gasteiger partial charge is 0.228 e. The summed E-state index contributed by atoms with van der Waals surface area (Å²) in [5, 5.41) is 8.20. The molecule has 0 spiro atoms. The Morgan fingerprint density at radius 2 is 2.17 bits per heavy atom. The molecular weight excluding hydrogens is 246 g/mol. The van der Waals surface area contributed by atoms with Crippen LogP contribution in [0.15, 0.2) is 15.3 Å². The lowest BCUT2D eigenvalue weighted by molar-refractivity contribution is 0.329. The molecule has 18 heavy (non-hydrogen) atoms. The first-order valence-corrected chi connectivity index (χ1v) is 7.25. The second kappa shape index (κ2) is 4.48. The zero-order valence-electron chi connectivity index (χ0n) is 10.5. The normalized spacial score (nSPS) is 18.3. The average Bonchev–Trinajstić information content (AvgIpc) is 3.01. The number of nitrogens with two attached hydrogens (primary N) is 1. The number of rotatable bonds is 3. The van der Waals surface area contributed by atoms with Crippen molar-refractivity contribution in [1.82, 2.24) is 10.1 Å². The minimum atomic E-state index is -0.131. The van der Waals surface area contributed by atoms with E-state index < -0.39 is 0 Å². The van der Waals surface area contributed by atoms with Gasteiger partial charge in [0, 0.05) is 22.9 Å². The molecule has 2 aromatic rings. The lowest BCUT2D eigenvalue weighted by atomic mass is 9.95. The van der Waals surface area contributed by atoms with Gasteiger partial charge >= 0.3 is 0 Å². The summed E-state index contributed by atoms with van der Waals surface area (Å²) >= 11 is 1.66. The first-order valence-electron chi connectivity index (χ1n) is 6.31. The van der Waals surface area contributed by atoms with Gasteiger partial charge in [-0.1, -0.05) is 18.0 Å². The molecule has 2 aromatic heterocycles. The summed E-state index contributed by atoms with van der Waals surface area (Å²) in [7, 11) is 0. The van der Waals surface area contributed by atoms with Crippen molar-refractivity contribution in [3.05, 3.63) is 22.2 Å². The molecular formula is C13H17N3OS. The van der Waals surface area contributed by atoms with Gasteiger partial charge in [0.1, 0.15) is 0 Å². The number of hydrogen-bond acceptors (Lipinski definition) is 5. The summed E-state index contributed by atoms with van der Waals surface area (Å²) < 4.78 is 5.33. The van der Waals surface area contributed by atoms with Crippen LogP contribution in [0.2, 0.25) is 0 Å². The standard InChI is InChI=1S/C13H17N3OS/c1-9-7-18-8-10(9)12-15-11(17-16-12)6-13(14)4-2-3-5-13/h7-8H,2-6,14H2,1H3. The van der Waals surface area contributed by atoms with Gasteiger partial charge in [-0.15, -0.1) is 0 Å². The molecule has 0 radical (unpaired) electrons. The predicted molar refractivity (Wildman–Crippen MR) is 71.4 cm³/mol. The summed E-state index contributed by atoms with van der Waals surface area (Å²) in [4.78, 5) is 4.47. The predicted octanol–water partition coefficient (Wildman–Crippen LogP) is 2.92. The summed E-state index contributed by atoms with van der Waals surface area (Å²) in [6.45, 7) is 2.06. The van der Waals surface area contributed by atoms with Gasteiger partial charge in [0.25, 0.3) is 0 Å². The highest BCUT2D eigenvalue weighted by molar-refractivity contribution is 7.08. The molecule has 96 valence electrons. The molecule has 4 nitrogen and oxygen atoms in total. The highest BCUT2D eigenvalue weighted by Crippen LogP contribution is 2.31. The summed E-state index contributed by atoms with van der Waals surface area (Å²) in [6.07, 6.45) is 5.23. The highest BCUT2D eigenvalue weighted by Gasteiger charge is 2.31. The Kier molecular flexibility index (Phi) is 2.95. The van der Waals surface area contributed by atoms with Crippen LogP contribution in [-0.4, -0.2) is 15.7 Å². The van der Waals surface area contributed by atoms with Crippen LogP contribution < -0.4 is 5.73 Å². The van der Waals surface area contributed by atoms with E-state index in [-0.39, 0.29) is 5.54 Å². The number of hydrogen-bond donors (Lipinski definition) is 1. The van der Waals surface area contributed by atoms with Crippen LogP contribution in [0.25, 0.3) is 11.4 Å². The van der Waals surface area contributed by atoms with Crippen LogP contribution in [0.4, 0.5) is 0 Å². The van der Waals surface area contributed by atoms with Crippen molar-refractivity contribution in [3.8, 4) is 11.4 Å². The van der Waals surface area contributed by atoms with Crippen LogP contribution in [0.1, 0.15) is 37.1 Å². The van der Waals surface area contributed by atoms with E-state index in [2.05, 4.69) is 27.8 Å². The Morgan fingerprint density at radius 1 is 1.39 bits per heavy atom. The number of thiophene rings is 1. The highest BCUT2D eigenvalue weighted by atomic mass is 32.1. The minimum absolute atomic E-state index is 0.131. The number of aryl methyl sites for hydroxylation is 1. The minimum Gasteiger partial charge on any atom is -0.339 e. The first kappa shape index (κ1) is 11.9. The van der Waals surface area contributed by atoms with E-state index in [1.807, 2.05) is 0 Å². The summed E-state index contributed by atoms with van der Waals surface area (Å²) in [6, 6.07) is 0. The summed E-state index contributed by atoms with van der Waals surface area (Å²) in [5.74, 6) is 1.35. The zero-order valence-corrected chi connectivity index (χ0v) is 11.3. The molecule has 2 N–H and O–H groups in total. The van der Waals surface area contributed by atoms with Gasteiger partial charge in [0.15, 0.2) is 0 Å². The molecule has 0 amide bonds. The molecule has 1 fully saturated rings. The second-order valence-electron chi connectivity index (χ2n) is 5.23. The molecule has 1 saturated carbocycles. The Morgan fingerprint density at radius 3 is 2.83 bits per heavy atom. The monoisotopic (exact) mass is 263 g/mol. The van der Waals surface area contributed by atoms with Crippen LogP contribution in [-0.2, 0) is 6.42 Å². The van der Waals surface area contributed by atoms with Crippen molar-refractivity contribution >= 4 is 11.3 Å². The first-order chi connectivity index (χ1) is 8.66. The zero-order chi connectivity index (χ0) is 12.6. The molecule has 5 heteroatoms. The van der Waals surface area contributed by atoms with E-state index in [9.17, 15) is 0 Å². The quantitative estimate of drug-likeness (QED) is 0.924. The fourth-order valence-corrected chi connectivity index (χ4v) is 3.41. The topological polar surface area (TPSA) is 64.9 Å². The third kappa shape index (κ3) is 2.20. The van der Waals surface area contributed by atoms with Gasteiger partial charge in [-0.25, -0.2) is 0 Å². The van der Waals surface area contributed by atoms with E-state index in [1.165, 1.54) is 18.4 Å². The molecule has 0 aromatic carbocycles. The van der Waals surface area contributed by atoms with Crippen LogP contribution >= 0.6 is 11.3 Å². The van der Waals surface area contributed by atoms with Crippen LogP contribution in [0.5, 0.6) is 0 Å². The van der Waals surface area contributed by atoms with Gasteiger partial charge < -0.3 is 10.3 Å². The number of aromatic nitrogens is 2. The van der Waals surface area contributed by atoms with Crippen molar-refractivity contribution in [2.45, 2.75) is 44.6 Å². The van der Waals surface area contributed by atoms with Crippen LogP contribution in [0.3, 0.4) is 0 Å². The maximum atomic E-state index is 6.32. The van der Waals surface area contributed by atoms with Crippen molar-refractivity contribution in [2.75, 3.05) is 0 Å². The Labute approximate surface area is 110 Å². The third-order valence-corrected chi connectivity index (χ3v) is 4.53. The summed E-state index contributed by atoms with van der Waals surface area (Å²) in [5.41, 5.74) is 8.44. The van der Waals surface area contributed by atoms with Gasteiger partial charge in [0.2, 0.25) is 11.7 Å². The molecule has 1 aliphatic rings. The SMILES string of the molecule is Cc1cscc1-c1noc(CC2(N)CCCC2)n1. The van der Waals surface area contributed by atoms with Gasteiger partial charge in [0.05, 0.1) is 0 Å². The molecule has 1 aliphatic carbocycles. The molecule has 2 heterocycles. The lowest BCUT2D eigenvalue weighted by Gasteiger charge is -2.20. The number of nitrogens with zero attached hydrogens (tertiary/aromatic N) is 2. The fraction of sp³-hybridized carbons (Fsp3) is 0.538. The fourth-order valence-electron chi connectivity index (χ4n) is 2.58. The van der Waals surface area contributed by atoms with Gasteiger partial charge in [-0.3, -0.25) is 0 Å². The van der Waals surface area contributed by atoms with Crippen molar-refractivity contribution in [3.63, 3.8) is 0 Å². The third-order valence-electron chi connectivity index (χ3n) is 3.67. The molecule has 0 bridgehead atoms. The van der Waals surface area contributed by atoms with Gasteiger partial charge in [-0.2, -0.15) is 16.3 Å². The van der Waals surface area contributed by atoms with Crippen molar-refractivity contribution in [2.24, 2.45) is 5.73 Å². The average molecular weight is 263 g/mol. The van der Waals surface area contributed by atoms with E-state index in [0.29, 0.717) is 18.1 Å². The van der Waals surface area contributed by atoms with E-state index >= 15 is 0 Å². The Bertz CT molecular complexity index is 540. The molecule has 0 aliphatic heterocycles. The van der Waals surface area contributed by atoms with Crippen LogP contribution in [0, 0.1) is 6.92 Å². The molecule has 0 atom stereocenters. The van der Waals surface area contributed by atoms with E-state index in [1.54, 1.807) is 11.3 Å². The molecule has 3 rings (SSSR count). The van der Waals surface area contributed by atoms with E-state index in [4.69, 9.17) is 10.3 Å². The maximum Gasteiger partial charge on any atom is 0.228 e. The second-order valence-corrected chi connectivity index (χ2v) is 5.97. The van der Waals surface area contributed by atoms with E-state index in [0.717, 1.165) is 18.4 Å².